The maximum absolute atomic E-state index is 6.47. The Balaban J connectivity index is 1.74. The van der Waals surface area contributed by atoms with Gasteiger partial charge in [-0.2, -0.15) is 0 Å². The van der Waals surface area contributed by atoms with Gasteiger partial charge < -0.3 is 10.1 Å². The summed E-state index contributed by atoms with van der Waals surface area (Å²) in [6, 6.07) is 10.0. The molecule has 0 unspecified atom stereocenters. The molecule has 120 valence electrons. The molecule has 4 rings (SSSR count). The molecule has 0 amide bonds. The molecule has 0 radical (unpaired) electrons. The summed E-state index contributed by atoms with van der Waals surface area (Å²) in [4.78, 5) is 0. The van der Waals surface area contributed by atoms with Gasteiger partial charge in [-0.25, -0.2) is 0 Å². The Morgan fingerprint density at radius 3 is 2.65 bits per heavy atom. The molecule has 0 bridgehead atoms. The second-order valence-electron chi connectivity index (χ2n) is 7.02. The molecule has 2 aromatic carbocycles. The zero-order chi connectivity index (χ0) is 16.2. The van der Waals surface area contributed by atoms with Gasteiger partial charge in [-0.3, -0.25) is 0 Å². The van der Waals surface area contributed by atoms with Crippen molar-refractivity contribution < 1.29 is 4.74 Å². The summed E-state index contributed by atoms with van der Waals surface area (Å²) in [7, 11) is 0. The zero-order valence-corrected chi connectivity index (χ0v) is 14.8. The lowest BCUT2D eigenvalue weighted by atomic mass is 9.74. The van der Waals surface area contributed by atoms with Crippen LogP contribution in [0.2, 0.25) is 10.0 Å². The predicted octanol–water partition coefficient (Wildman–Crippen LogP) is 6.17. The van der Waals surface area contributed by atoms with Crippen LogP contribution in [0.25, 0.3) is 0 Å². The molecule has 1 N–H and O–H groups in total. The smallest absolute Gasteiger partial charge is 0.121 e. The minimum absolute atomic E-state index is 0.188. The number of hydrogen-bond donors (Lipinski definition) is 1. The molecule has 0 saturated heterocycles. The highest BCUT2D eigenvalue weighted by Crippen LogP contribution is 2.49. The molecule has 1 aliphatic heterocycles. The number of halogens is 2. The number of anilines is 2. The quantitative estimate of drug-likeness (QED) is 0.717. The standard InChI is InChI=1S/C19H19Cl2NO/c1-19(2)14-6-5-13(23-10-11-3-4-11)9-16(14)22-17-8-12(20)7-15(21)18(17)19/h5-9,11,22H,3-4,10H2,1-2H3. The van der Waals surface area contributed by atoms with Gasteiger partial charge in [0.25, 0.3) is 0 Å². The van der Waals surface area contributed by atoms with Gasteiger partial charge in [0.1, 0.15) is 5.75 Å². The third-order valence-corrected chi connectivity index (χ3v) is 5.31. The first-order valence-electron chi connectivity index (χ1n) is 7.99. The predicted molar refractivity (Wildman–Crippen MR) is 96.5 cm³/mol. The molecule has 2 nitrogen and oxygen atoms in total. The number of benzene rings is 2. The van der Waals surface area contributed by atoms with Crippen LogP contribution in [0.15, 0.2) is 30.3 Å². The molecule has 4 heteroatoms. The van der Waals surface area contributed by atoms with Crippen molar-refractivity contribution in [2.45, 2.75) is 32.1 Å². The zero-order valence-electron chi connectivity index (χ0n) is 13.2. The Bertz CT molecular complexity index is 781. The van der Waals surface area contributed by atoms with Crippen molar-refractivity contribution in [2.24, 2.45) is 5.92 Å². The number of ether oxygens (including phenoxy) is 1. The first kappa shape index (κ1) is 15.2. The Morgan fingerprint density at radius 1 is 1.13 bits per heavy atom. The van der Waals surface area contributed by atoms with Crippen molar-refractivity contribution >= 4 is 34.6 Å². The van der Waals surface area contributed by atoms with Gasteiger partial charge >= 0.3 is 0 Å². The highest BCUT2D eigenvalue weighted by molar-refractivity contribution is 6.36. The van der Waals surface area contributed by atoms with Crippen LogP contribution in [0.4, 0.5) is 11.4 Å². The number of hydrogen-bond acceptors (Lipinski definition) is 2. The summed E-state index contributed by atoms with van der Waals surface area (Å²) in [6.45, 7) is 5.20. The van der Waals surface area contributed by atoms with Crippen molar-refractivity contribution in [3.8, 4) is 5.75 Å². The second kappa shape index (κ2) is 5.32. The number of nitrogens with one attached hydrogen (secondary N) is 1. The van der Waals surface area contributed by atoms with Crippen LogP contribution in [0.1, 0.15) is 37.8 Å². The van der Waals surface area contributed by atoms with E-state index in [1.807, 2.05) is 12.1 Å². The van der Waals surface area contributed by atoms with Crippen molar-refractivity contribution in [1.29, 1.82) is 0 Å². The lowest BCUT2D eigenvalue weighted by Gasteiger charge is -2.36. The van der Waals surface area contributed by atoms with E-state index in [-0.39, 0.29) is 5.41 Å². The Morgan fingerprint density at radius 2 is 1.91 bits per heavy atom. The summed E-state index contributed by atoms with van der Waals surface area (Å²) in [5.74, 6) is 1.66. The van der Waals surface area contributed by atoms with E-state index in [2.05, 4.69) is 37.4 Å². The maximum Gasteiger partial charge on any atom is 0.121 e. The molecule has 23 heavy (non-hydrogen) atoms. The Kier molecular flexibility index (Phi) is 3.51. The molecular weight excluding hydrogens is 329 g/mol. The monoisotopic (exact) mass is 347 g/mol. The van der Waals surface area contributed by atoms with E-state index in [9.17, 15) is 0 Å². The topological polar surface area (TPSA) is 21.3 Å². The molecule has 0 spiro atoms. The summed E-state index contributed by atoms with van der Waals surface area (Å²) >= 11 is 12.6. The van der Waals surface area contributed by atoms with Crippen molar-refractivity contribution in [2.75, 3.05) is 11.9 Å². The largest absolute Gasteiger partial charge is 0.493 e. The summed E-state index contributed by atoms with van der Waals surface area (Å²) < 4.78 is 5.91. The summed E-state index contributed by atoms with van der Waals surface area (Å²) in [5.41, 5.74) is 4.15. The highest BCUT2D eigenvalue weighted by atomic mass is 35.5. The minimum atomic E-state index is -0.188. The minimum Gasteiger partial charge on any atom is -0.493 e. The van der Waals surface area contributed by atoms with Crippen molar-refractivity contribution in [1.82, 2.24) is 0 Å². The average molecular weight is 348 g/mol. The maximum atomic E-state index is 6.47. The van der Waals surface area contributed by atoms with Crippen LogP contribution in [0, 0.1) is 5.92 Å². The van der Waals surface area contributed by atoms with E-state index >= 15 is 0 Å². The van der Waals surface area contributed by atoms with Gasteiger partial charge in [0.15, 0.2) is 0 Å². The number of fused-ring (bicyclic) bond motifs is 2. The summed E-state index contributed by atoms with van der Waals surface area (Å²) in [5, 5.41) is 4.81. The van der Waals surface area contributed by atoms with Gasteiger partial charge in [0.2, 0.25) is 0 Å². The molecule has 1 heterocycles. The number of rotatable bonds is 3. The fraction of sp³-hybridized carbons (Fsp3) is 0.368. The van der Waals surface area contributed by atoms with Crippen molar-refractivity contribution in [3.63, 3.8) is 0 Å². The molecule has 0 aromatic heterocycles. The van der Waals surface area contributed by atoms with E-state index < -0.39 is 0 Å². The van der Waals surface area contributed by atoms with Gasteiger partial charge in [0.05, 0.1) is 6.61 Å². The van der Waals surface area contributed by atoms with Crippen LogP contribution in [0.5, 0.6) is 5.75 Å². The highest BCUT2D eigenvalue weighted by Gasteiger charge is 2.35. The molecule has 1 aliphatic carbocycles. The van der Waals surface area contributed by atoms with Gasteiger partial charge in [-0.15, -0.1) is 0 Å². The Hall–Kier alpha value is -1.38. The van der Waals surface area contributed by atoms with E-state index in [0.717, 1.165) is 35.2 Å². The van der Waals surface area contributed by atoms with Gasteiger partial charge in [0, 0.05) is 38.5 Å². The average Bonchev–Trinajstić information content (AvgIpc) is 3.27. The molecular formula is C19H19Cl2NO. The van der Waals surface area contributed by atoms with Gasteiger partial charge in [-0.05, 0) is 42.5 Å². The fourth-order valence-corrected chi connectivity index (χ4v) is 4.08. The van der Waals surface area contributed by atoms with Crippen LogP contribution < -0.4 is 10.1 Å². The van der Waals surface area contributed by atoms with Crippen LogP contribution in [-0.4, -0.2) is 6.61 Å². The lowest BCUT2D eigenvalue weighted by Crippen LogP contribution is -2.26. The Labute approximate surface area is 146 Å². The van der Waals surface area contributed by atoms with Crippen LogP contribution in [0.3, 0.4) is 0 Å². The first-order chi connectivity index (χ1) is 10.9. The second-order valence-corrected chi connectivity index (χ2v) is 7.87. The lowest BCUT2D eigenvalue weighted by molar-refractivity contribution is 0.300. The molecule has 2 aliphatic rings. The third-order valence-electron chi connectivity index (χ3n) is 4.80. The molecule has 1 saturated carbocycles. The molecule has 1 fully saturated rings. The van der Waals surface area contributed by atoms with Crippen LogP contribution in [-0.2, 0) is 5.41 Å². The van der Waals surface area contributed by atoms with Gasteiger partial charge in [-0.1, -0.05) is 43.1 Å². The summed E-state index contributed by atoms with van der Waals surface area (Å²) in [6.07, 6.45) is 2.58. The van der Waals surface area contributed by atoms with E-state index in [0.29, 0.717) is 10.0 Å². The fourth-order valence-electron chi connectivity index (χ4n) is 3.35. The molecule has 2 aromatic rings. The van der Waals surface area contributed by atoms with E-state index in [1.54, 1.807) is 0 Å². The first-order valence-corrected chi connectivity index (χ1v) is 8.74. The van der Waals surface area contributed by atoms with Crippen LogP contribution >= 0.6 is 23.2 Å². The van der Waals surface area contributed by atoms with E-state index in [1.165, 1.54) is 18.4 Å². The molecule has 0 atom stereocenters. The van der Waals surface area contributed by atoms with E-state index in [4.69, 9.17) is 27.9 Å². The van der Waals surface area contributed by atoms with Crippen molar-refractivity contribution in [3.05, 3.63) is 51.5 Å². The normalized spacial score (nSPS) is 17.9. The third kappa shape index (κ3) is 2.68. The SMILES string of the molecule is CC1(C)c2ccc(OCC3CC3)cc2Nc2cc(Cl)cc(Cl)c21.